The van der Waals surface area contributed by atoms with Crippen molar-refractivity contribution < 1.29 is 14.0 Å². The van der Waals surface area contributed by atoms with Crippen LogP contribution in [0.5, 0.6) is 0 Å². The van der Waals surface area contributed by atoms with Crippen LogP contribution >= 0.6 is 0 Å². The average Bonchev–Trinajstić information content (AvgIpc) is 2.73. The summed E-state index contributed by atoms with van der Waals surface area (Å²) in [4.78, 5) is 27.0. The van der Waals surface area contributed by atoms with Crippen molar-refractivity contribution in [1.82, 2.24) is 0 Å². The van der Waals surface area contributed by atoms with E-state index in [2.05, 4.69) is 5.32 Å². The van der Waals surface area contributed by atoms with E-state index in [1.54, 1.807) is 17.0 Å². The quantitative estimate of drug-likeness (QED) is 0.724. The highest BCUT2D eigenvalue weighted by Gasteiger charge is 2.24. The Morgan fingerprint density at radius 1 is 0.893 bits per heavy atom. The van der Waals surface area contributed by atoms with Crippen LogP contribution in [0.3, 0.4) is 0 Å². The lowest BCUT2D eigenvalue weighted by atomic mass is 10.00. The minimum absolute atomic E-state index is 0.0295. The van der Waals surface area contributed by atoms with Gasteiger partial charge in [0.1, 0.15) is 5.82 Å². The Morgan fingerprint density at radius 2 is 1.68 bits per heavy atom. The number of aryl methyl sites for hydroxylation is 1. The first-order valence-corrected chi connectivity index (χ1v) is 9.18. The number of rotatable bonds is 3. The van der Waals surface area contributed by atoms with Crippen LogP contribution in [0, 0.1) is 5.82 Å². The second kappa shape index (κ2) is 7.64. The van der Waals surface area contributed by atoms with Gasteiger partial charge in [0.25, 0.3) is 11.8 Å². The summed E-state index contributed by atoms with van der Waals surface area (Å²) in [6.45, 7) is 0.662. The third-order valence-electron chi connectivity index (χ3n) is 4.81. The van der Waals surface area contributed by atoms with Crippen molar-refractivity contribution in [2.24, 2.45) is 0 Å². The summed E-state index contributed by atoms with van der Waals surface area (Å²) in [7, 11) is 0. The van der Waals surface area contributed by atoms with Gasteiger partial charge in [-0.25, -0.2) is 4.39 Å². The highest BCUT2D eigenvalue weighted by atomic mass is 19.1. The zero-order chi connectivity index (χ0) is 19.5. The molecule has 0 saturated heterocycles. The Kier molecular flexibility index (Phi) is 4.89. The summed E-state index contributed by atoms with van der Waals surface area (Å²) in [5.74, 6) is -0.848. The van der Waals surface area contributed by atoms with Crippen molar-refractivity contribution in [2.45, 2.75) is 12.8 Å². The molecule has 0 aliphatic carbocycles. The molecule has 0 saturated carbocycles. The van der Waals surface area contributed by atoms with Gasteiger partial charge < -0.3 is 10.2 Å². The van der Waals surface area contributed by atoms with Gasteiger partial charge in [-0.15, -0.1) is 0 Å². The van der Waals surface area contributed by atoms with E-state index in [1.807, 2.05) is 42.5 Å². The maximum atomic E-state index is 13.3. The Balaban J connectivity index is 1.56. The van der Waals surface area contributed by atoms with E-state index in [9.17, 15) is 14.0 Å². The summed E-state index contributed by atoms with van der Waals surface area (Å²) in [6, 6.07) is 20.3. The van der Waals surface area contributed by atoms with Gasteiger partial charge >= 0.3 is 0 Å². The van der Waals surface area contributed by atoms with E-state index in [4.69, 9.17) is 0 Å². The lowest BCUT2D eigenvalue weighted by molar-refractivity contribution is 0.0983. The molecule has 28 heavy (non-hydrogen) atoms. The van der Waals surface area contributed by atoms with Gasteiger partial charge in [-0.05, 0) is 66.9 Å². The third-order valence-corrected chi connectivity index (χ3v) is 4.81. The molecule has 0 unspecified atom stereocenters. The fourth-order valence-electron chi connectivity index (χ4n) is 3.46. The van der Waals surface area contributed by atoms with Crippen molar-refractivity contribution in [2.75, 3.05) is 16.8 Å². The maximum absolute atomic E-state index is 13.3. The monoisotopic (exact) mass is 374 g/mol. The zero-order valence-electron chi connectivity index (χ0n) is 15.2. The molecule has 0 spiro atoms. The SMILES string of the molecule is O=C(Nc1ccc2c(c1)CCCN2C(=O)c1ccccc1)c1cccc(F)c1. The molecular weight excluding hydrogens is 355 g/mol. The Morgan fingerprint density at radius 3 is 2.46 bits per heavy atom. The van der Waals surface area contributed by atoms with Gasteiger partial charge in [0, 0.05) is 29.0 Å². The van der Waals surface area contributed by atoms with Crippen LogP contribution in [0.25, 0.3) is 0 Å². The van der Waals surface area contributed by atoms with Crippen LogP contribution < -0.4 is 10.2 Å². The minimum Gasteiger partial charge on any atom is -0.322 e. The largest absolute Gasteiger partial charge is 0.322 e. The van der Waals surface area contributed by atoms with Crippen LogP contribution in [0.2, 0.25) is 0 Å². The molecular formula is C23H19FN2O2. The predicted molar refractivity (Wildman–Crippen MR) is 107 cm³/mol. The van der Waals surface area contributed by atoms with Crippen LogP contribution in [0.1, 0.15) is 32.7 Å². The Hall–Kier alpha value is -3.47. The number of carbonyl (C=O) groups excluding carboxylic acids is 2. The molecule has 0 bridgehead atoms. The number of halogens is 1. The molecule has 2 amide bonds. The van der Waals surface area contributed by atoms with Gasteiger partial charge in [-0.2, -0.15) is 0 Å². The number of benzene rings is 3. The maximum Gasteiger partial charge on any atom is 0.258 e. The van der Waals surface area contributed by atoms with Crippen molar-refractivity contribution in [1.29, 1.82) is 0 Å². The Labute approximate surface area is 162 Å². The molecule has 1 heterocycles. The smallest absolute Gasteiger partial charge is 0.258 e. The second-order valence-corrected chi connectivity index (χ2v) is 6.73. The number of nitrogens with zero attached hydrogens (tertiary/aromatic N) is 1. The van der Waals surface area contributed by atoms with Gasteiger partial charge in [0.05, 0.1) is 0 Å². The summed E-state index contributed by atoms with van der Waals surface area (Å²) in [5, 5.41) is 2.80. The first-order valence-electron chi connectivity index (χ1n) is 9.18. The minimum atomic E-state index is -0.451. The topological polar surface area (TPSA) is 49.4 Å². The van der Waals surface area contributed by atoms with Crippen LogP contribution in [-0.2, 0) is 6.42 Å². The van der Waals surface area contributed by atoms with Gasteiger partial charge in [0.2, 0.25) is 0 Å². The molecule has 0 radical (unpaired) electrons. The van der Waals surface area contributed by atoms with Crippen LogP contribution in [-0.4, -0.2) is 18.4 Å². The van der Waals surface area contributed by atoms with E-state index in [-0.39, 0.29) is 17.4 Å². The molecule has 1 aliphatic heterocycles. The number of hydrogen-bond donors (Lipinski definition) is 1. The lowest BCUT2D eigenvalue weighted by Crippen LogP contribution is -2.35. The zero-order valence-corrected chi connectivity index (χ0v) is 15.2. The molecule has 140 valence electrons. The molecule has 0 fully saturated rings. The second-order valence-electron chi connectivity index (χ2n) is 6.73. The fourth-order valence-corrected chi connectivity index (χ4v) is 3.46. The molecule has 1 N–H and O–H groups in total. The summed E-state index contributed by atoms with van der Waals surface area (Å²) < 4.78 is 13.3. The van der Waals surface area contributed by atoms with Crippen LogP contribution in [0.4, 0.5) is 15.8 Å². The summed E-state index contributed by atoms with van der Waals surface area (Å²) in [6.07, 6.45) is 1.68. The fraction of sp³-hybridized carbons (Fsp3) is 0.130. The molecule has 5 heteroatoms. The van der Waals surface area contributed by atoms with E-state index >= 15 is 0 Å². The van der Waals surface area contributed by atoms with Gasteiger partial charge in [-0.1, -0.05) is 24.3 Å². The third kappa shape index (κ3) is 3.64. The van der Waals surface area contributed by atoms with Crippen molar-refractivity contribution in [3.8, 4) is 0 Å². The molecule has 0 atom stereocenters. The summed E-state index contributed by atoms with van der Waals surface area (Å²) >= 11 is 0. The van der Waals surface area contributed by atoms with E-state index in [0.717, 1.165) is 24.1 Å². The first kappa shape index (κ1) is 17.9. The lowest BCUT2D eigenvalue weighted by Gasteiger charge is -2.30. The predicted octanol–water partition coefficient (Wildman–Crippen LogP) is 4.67. The summed E-state index contributed by atoms with van der Waals surface area (Å²) in [5.41, 5.74) is 3.41. The van der Waals surface area contributed by atoms with E-state index in [1.165, 1.54) is 18.2 Å². The Bertz CT molecular complexity index is 1030. The molecule has 0 aromatic heterocycles. The number of hydrogen-bond acceptors (Lipinski definition) is 2. The molecule has 4 nitrogen and oxygen atoms in total. The molecule has 4 rings (SSSR count). The van der Waals surface area contributed by atoms with Crippen LogP contribution in [0.15, 0.2) is 72.8 Å². The molecule has 3 aromatic rings. The van der Waals surface area contributed by atoms with E-state index < -0.39 is 5.82 Å². The van der Waals surface area contributed by atoms with Crippen molar-refractivity contribution in [3.05, 3.63) is 95.3 Å². The van der Waals surface area contributed by atoms with Crippen molar-refractivity contribution in [3.63, 3.8) is 0 Å². The number of carbonyl (C=O) groups is 2. The first-order chi connectivity index (χ1) is 13.6. The normalized spacial score (nSPS) is 13.0. The van der Waals surface area contributed by atoms with E-state index in [0.29, 0.717) is 17.8 Å². The number of fused-ring (bicyclic) bond motifs is 1. The van der Waals surface area contributed by atoms with Gasteiger partial charge in [-0.3, -0.25) is 9.59 Å². The number of anilines is 2. The van der Waals surface area contributed by atoms with Crippen molar-refractivity contribution >= 4 is 23.2 Å². The number of amides is 2. The molecule has 3 aromatic carbocycles. The van der Waals surface area contributed by atoms with Gasteiger partial charge in [0.15, 0.2) is 0 Å². The average molecular weight is 374 g/mol. The highest BCUT2D eigenvalue weighted by molar-refractivity contribution is 6.07. The molecule has 1 aliphatic rings. The number of nitrogens with one attached hydrogen (secondary N) is 1. The highest BCUT2D eigenvalue weighted by Crippen LogP contribution is 2.31. The standard InChI is InChI=1S/C23H19FN2O2/c24-19-10-4-8-18(14-19)22(27)25-20-11-12-21-17(15-20)9-5-13-26(21)23(28)16-6-2-1-3-7-16/h1-4,6-8,10-12,14-15H,5,9,13H2,(H,25,27).